The van der Waals surface area contributed by atoms with E-state index in [0.29, 0.717) is 22.0 Å². The Hall–Kier alpha value is -2.25. The van der Waals surface area contributed by atoms with Gasteiger partial charge in [0, 0.05) is 10.6 Å². The number of halogens is 1. The molecule has 0 saturated carbocycles. The van der Waals surface area contributed by atoms with Gasteiger partial charge in [0.25, 0.3) is 0 Å². The second kappa shape index (κ2) is 8.84. The van der Waals surface area contributed by atoms with E-state index in [9.17, 15) is 13.2 Å². The quantitative estimate of drug-likeness (QED) is 0.735. The zero-order valence-electron chi connectivity index (χ0n) is 16.6. The van der Waals surface area contributed by atoms with Crippen LogP contribution >= 0.6 is 11.6 Å². The summed E-state index contributed by atoms with van der Waals surface area (Å²) >= 11 is 6.06. The standard InChI is InChI=1S/C20H25ClN2O4S/c1-13-10-11-16(21)12-18(13)23(28(5,25)26)15(3)20(24)22-14(2)17-8-6-7-9-19(17)27-4/h6-12,14-15H,1-5H3,(H,22,24). The van der Waals surface area contributed by atoms with Crippen molar-refractivity contribution in [3.63, 3.8) is 0 Å². The average Bonchev–Trinajstić information content (AvgIpc) is 2.63. The molecule has 2 unspecified atom stereocenters. The van der Waals surface area contributed by atoms with E-state index in [0.717, 1.165) is 16.1 Å². The summed E-state index contributed by atoms with van der Waals surface area (Å²) in [6, 6.07) is 11.0. The number of rotatable bonds is 7. The van der Waals surface area contributed by atoms with Crippen molar-refractivity contribution < 1.29 is 17.9 Å². The summed E-state index contributed by atoms with van der Waals surface area (Å²) in [5.41, 5.74) is 1.88. The van der Waals surface area contributed by atoms with Crippen LogP contribution in [0.2, 0.25) is 5.02 Å². The molecule has 1 N–H and O–H groups in total. The number of nitrogens with zero attached hydrogens (tertiary/aromatic N) is 1. The molecule has 0 bridgehead atoms. The molecule has 0 heterocycles. The normalized spacial score (nSPS) is 13.5. The third-order valence-corrected chi connectivity index (χ3v) is 5.92. The fraction of sp³-hybridized carbons (Fsp3) is 0.350. The lowest BCUT2D eigenvalue weighted by molar-refractivity contribution is -0.122. The van der Waals surface area contributed by atoms with Crippen LogP contribution in [0.5, 0.6) is 5.75 Å². The Bertz CT molecular complexity index is 962. The molecule has 1 amide bonds. The molecule has 0 aromatic heterocycles. The van der Waals surface area contributed by atoms with E-state index in [1.807, 2.05) is 25.1 Å². The van der Waals surface area contributed by atoms with Gasteiger partial charge in [0.2, 0.25) is 15.9 Å². The summed E-state index contributed by atoms with van der Waals surface area (Å²) in [6.07, 6.45) is 1.07. The maximum atomic E-state index is 12.9. The van der Waals surface area contributed by atoms with Crippen molar-refractivity contribution in [1.29, 1.82) is 0 Å². The Morgan fingerprint density at radius 2 is 1.82 bits per heavy atom. The first kappa shape index (κ1) is 22.0. The Labute approximate surface area is 171 Å². The highest BCUT2D eigenvalue weighted by molar-refractivity contribution is 7.92. The molecule has 0 fully saturated rings. The first-order chi connectivity index (χ1) is 13.1. The molecule has 2 atom stereocenters. The second-order valence-electron chi connectivity index (χ2n) is 6.64. The molecule has 0 aliphatic heterocycles. The highest BCUT2D eigenvalue weighted by Gasteiger charge is 2.31. The van der Waals surface area contributed by atoms with Crippen LogP contribution in [-0.2, 0) is 14.8 Å². The topological polar surface area (TPSA) is 75.7 Å². The minimum absolute atomic E-state index is 0.368. The average molecular weight is 425 g/mol. The third kappa shape index (κ3) is 4.97. The first-order valence-electron chi connectivity index (χ1n) is 8.75. The fourth-order valence-electron chi connectivity index (χ4n) is 3.04. The predicted octanol–water partition coefficient (Wildman–Crippen LogP) is 3.69. The van der Waals surface area contributed by atoms with E-state index in [-0.39, 0.29) is 6.04 Å². The van der Waals surface area contributed by atoms with Crippen molar-refractivity contribution >= 4 is 33.2 Å². The molecule has 2 aromatic carbocycles. The van der Waals surface area contributed by atoms with Crippen LogP contribution in [0.15, 0.2) is 42.5 Å². The van der Waals surface area contributed by atoms with Crippen LogP contribution < -0.4 is 14.4 Å². The Balaban J connectivity index is 2.33. The molecular weight excluding hydrogens is 400 g/mol. The summed E-state index contributed by atoms with van der Waals surface area (Å²) in [5, 5.41) is 3.26. The summed E-state index contributed by atoms with van der Waals surface area (Å²) in [4.78, 5) is 12.9. The van der Waals surface area contributed by atoms with Crippen LogP contribution in [0, 0.1) is 6.92 Å². The van der Waals surface area contributed by atoms with Gasteiger partial charge >= 0.3 is 0 Å². The second-order valence-corrected chi connectivity index (χ2v) is 8.93. The number of hydrogen-bond donors (Lipinski definition) is 1. The van der Waals surface area contributed by atoms with Crippen LogP contribution in [-0.4, -0.2) is 33.7 Å². The molecule has 0 aliphatic carbocycles. The van der Waals surface area contributed by atoms with Crippen molar-refractivity contribution in [2.24, 2.45) is 0 Å². The van der Waals surface area contributed by atoms with E-state index in [1.165, 1.54) is 0 Å². The molecular formula is C20H25ClN2O4S. The molecule has 2 aromatic rings. The molecule has 28 heavy (non-hydrogen) atoms. The molecule has 6 nitrogen and oxygen atoms in total. The van der Waals surface area contributed by atoms with Gasteiger partial charge in [-0.3, -0.25) is 9.10 Å². The number of methoxy groups -OCH3 is 1. The van der Waals surface area contributed by atoms with Gasteiger partial charge in [-0.2, -0.15) is 0 Å². The molecule has 2 rings (SSSR count). The zero-order chi connectivity index (χ0) is 21.1. The number of carbonyl (C=O) groups is 1. The lowest BCUT2D eigenvalue weighted by Crippen LogP contribution is -2.48. The van der Waals surface area contributed by atoms with Gasteiger partial charge < -0.3 is 10.1 Å². The summed E-state index contributed by atoms with van der Waals surface area (Å²) in [6.45, 7) is 5.13. The molecule has 0 spiro atoms. The third-order valence-electron chi connectivity index (χ3n) is 4.46. The minimum Gasteiger partial charge on any atom is -0.496 e. The predicted molar refractivity (Wildman–Crippen MR) is 113 cm³/mol. The van der Waals surface area contributed by atoms with E-state index in [2.05, 4.69) is 5.32 Å². The number of sulfonamides is 1. The van der Waals surface area contributed by atoms with Gasteiger partial charge in [-0.1, -0.05) is 35.9 Å². The molecule has 8 heteroatoms. The first-order valence-corrected chi connectivity index (χ1v) is 11.0. The maximum absolute atomic E-state index is 12.9. The Kier molecular flexibility index (Phi) is 6.96. The number of benzene rings is 2. The van der Waals surface area contributed by atoms with E-state index < -0.39 is 22.0 Å². The van der Waals surface area contributed by atoms with Crippen molar-refractivity contribution in [2.45, 2.75) is 32.9 Å². The van der Waals surface area contributed by atoms with Crippen LogP contribution in [0.3, 0.4) is 0 Å². The minimum atomic E-state index is -3.73. The maximum Gasteiger partial charge on any atom is 0.244 e. The van der Waals surface area contributed by atoms with Crippen molar-refractivity contribution in [3.05, 3.63) is 58.6 Å². The smallest absolute Gasteiger partial charge is 0.244 e. The van der Waals surface area contributed by atoms with Gasteiger partial charge in [-0.05, 0) is 44.5 Å². The Morgan fingerprint density at radius 1 is 1.18 bits per heavy atom. The highest BCUT2D eigenvalue weighted by Crippen LogP contribution is 2.29. The highest BCUT2D eigenvalue weighted by atomic mass is 35.5. The van der Waals surface area contributed by atoms with Gasteiger partial charge in [0.15, 0.2) is 0 Å². The van der Waals surface area contributed by atoms with Gasteiger partial charge in [-0.25, -0.2) is 8.42 Å². The monoisotopic (exact) mass is 424 g/mol. The molecule has 0 saturated heterocycles. The number of ether oxygens (including phenoxy) is 1. The lowest BCUT2D eigenvalue weighted by atomic mass is 10.1. The molecule has 152 valence electrons. The number of nitrogens with one attached hydrogen (secondary N) is 1. The number of aryl methyl sites for hydroxylation is 1. The fourth-order valence-corrected chi connectivity index (χ4v) is 4.43. The van der Waals surface area contributed by atoms with Crippen LogP contribution in [0.1, 0.15) is 31.0 Å². The zero-order valence-corrected chi connectivity index (χ0v) is 18.1. The van der Waals surface area contributed by atoms with Gasteiger partial charge in [0.05, 0.1) is 25.1 Å². The number of hydrogen-bond acceptors (Lipinski definition) is 4. The van der Waals surface area contributed by atoms with E-state index in [1.54, 1.807) is 45.2 Å². The molecule has 0 radical (unpaired) electrons. The number of carbonyl (C=O) groups excluding carboxylic acids is 1. The largest absolute Gasteiger partial charge is 0.496 e. The van der Waals surface area contributed by atoms with Crippen LogP contribution in [0.4, 0.5) is 5.69 Å². The summed E-state index contributed by atoms with van der Waals surface area (Å²) < 4.78 is 31.4. The van der Waals surface area contributed by atoms with Gasteiger partial charge in [-0.15, -0.1) is 0 Å². The van der Waals surface area contributed by atoms with Crippen molar-refractivity contribution in [2.75, 3.05) is 17.7 Å². The number of anilines is 1. The summed E-state index contributed by atoms with van der Waals surface area (Å²) in [5.74, 6) is 0.219. The lowest BCUT2D eigenvalue weighted by Gasteiger charge is -2.30. The SMILES string of the molecule is COc1ccccc1C(C)NC(=O)C(C)N(c1cc(Cl)ccc1C)S(C)(=O)=O. The van der Waals surface area contributed by atoms with Crippen LogP contribution in [0.25, 0.3) is 0 Å². The van der Waals surface area contributed by atoms with E-state index in [4.69, 9.17) is 16.3 Å². The molecule has 0 aliphatic rings. The number of amides is 1. The van der Waals surface area contributed by atoms with E-state index >= 15 is 0 Å². The number of para-hydroxylation sites is 1. The van der Waals surface area contributed by atoms with Gasteiger partial charge in [0.1, 0.15) is 11.8 Å². The summed E-state index contributed by atoms with van der Waals surface area (Å²) in [7, 11) is -2.17. The van der Waals surface area contributed by atoms with Crippen molar-refractivity contribution in [1.82, 2.24) is 5.32 Å². The Morgan fingerprint density at radius 3 is 2.43 bits per heavy atom. The van der Waals surface area contributed by atoms with Crippen molar-refractivity contribution in [3.8, 4) is 5.75 Å².